The van der Waals surface area contributed by atoms with Gasteiger partial charge in [0.15, 0.2) is 0 Å². The van der Waals surface area contributed by atoms with Crippen molar-refractivity contribution >= 4 is 15.9 Å². The van der Waals surface area contributed by atoms with Crippen LogP contribution in [-0.2, 0) is 10.0 Å². The van der Waals surface area contributed by atoms with Crippen LogP contribution in [0.15, 0.2) is 41.4 Å². The molecule has 0 aliphatic carbocycles. The van der Waals surface area contributed by atoms with Crippen LogP contribution in [-0.4, -0.2) is 47.7 Å². The molecule has 1 fully saturated rings. The number of carbonyl (C=O) groups excluding carboxylic acids is 1. The molecule has 1 amide bonds. The quantitative estimate of drug-likeness (QED) is 0.879. The van der Waals surface area contributed by atoms with Gasteiger partial charge in [0.2, 0.25) is 10.0 Å². The molecule has 0 unspecified atom stereocenters. The van der Waals surface area contributed by atoms with Gasteiger partial charge in [-0.3, -0.25) is 4.79 Å². The molecular formula is C18H22N4O3S. The van der Waals surface area contributed by atoms with E-state index in [-0.39, 0.29) is 11.9 Å². The van der Waals surface area contributed by atoms with Gasteiger partial charge in [-0.1, -0.05) is 18.2 Å². The smallest absolute Gasteiger partial charge is 0.254 e. The summed E-state index contributed by atoms with van der Waals surface area (Å²) in [7, 11) is -3.48. The van der Waals surface area contributed by atoms with E-state index in [0.29, 0.717) is 47.9 Å². The third-order valence-corrected chi connectivity index (χ3v) is 6.43. The van der Waals surface area contributed by atoms with Crippen molar-refractivity contribution in [2.75, 3.05) is 13.1 Å². The topological polar surface area (TPSA) is 92.3 Å². The molecule has 2 heterocycles. The van der Waals surface area contributed by atoms with Crippen molar-refractivity contribution in [1.29, 1.82) is 0 Å². The first kappa shape index (κ1) is 18.5. The van der Waals surface area contributed by atoms with Gasteiger partial charge in [0.25, 0.3) is 5.91 Å². The second-order valence-corrected chi connectivity index (χ2v) is 8.32. The van der Waals surface area contributed by atoms with Crippen molar-refractivity contribution in [3.8, 4) is 0 Å². The van der Waals surface area contributed by atoms with Gasteiger partial charge < -0.3 is 5.32 Å². The molecule has 7 nitrogen and oxygen atoms in total. The van der Waals surface area contributed by atoms with Crippen molar-refractivity contribution < 1.29 is 13.2 Å². The maximum atomic E-state index is 12.6. The number of hydrogen-bond acceptors (Lipinski definition) is 5. The predicted octanol–water partition coefficient (Wildman–Crippen LogP) is 1.68. The van der Waals surface area contributed by atoms with E-state index >= 15 is 0 Å². The molecule has 8 heteroatoms. The van der Waals surface area contributed by atoms with Crippen LogP contribution < -0.4 is 5.32 Å². The van der Waals surface area contributed by atoms with Crippen LogP contribution in [0.5, 0.6) is 0 Å². The average molecular weight is 374 g/mol. The van der Waals surface area contributed by atoms with Crippen molar-refractivity contribution in [1.82, 2.24) is 19.6 Å². The number of carbonyl (C=O) groups is 1. The summed E-state index contributed by atoms with van der Waals surface area (Å²) in [5.74, 6) is 0.408. The summed E-state index contributed by atoms with van der Waals surface area (Å²) in [6.45, 7) is 4.31. The van der Waals surface area contributed by atoms with Gasteiger partial charge in [-0.15, -0.1) is 0 Å². The number of sulfonamides is 1. The van der Waals surface area contributed by atoms with Crippen molar-refractivity contribution in [3.63, 3.8) is 0 Å². The van der Waals surface area contributed by atoms with Gasteiger partial charge in [-0.2, -0.15) is 4.31 Å². The Bertz CT molecular complexity index is 892. The van der Waals surface area contributed by atoms with Crippen molar-refractivity contribution in [2.45, 2.75) is 37.6 Å². The molecule has 0 bridgehead atoms. The van der Waals surface area contributed by atoms with Crippen LogP contribution in [0.4, 0.5) is 0 Å². The zero-order valence-electron chi connectivity index (χ0n) is 14.8. The molecule has 1 aromatic carbocycles. The van der Waals surface area contributed by atoms with Gasteiger partial charge in [-0.05, 0) is 38.8 Å². The summed E-state index contributed by atoms with van der Waals surface area (Å²) < 4.78 is 26.7. The number of rotatable bonds is 4. The van der Waals surface area contributed by atoms with E-state index in [1.54, 1.807) is 44.2 Å². The Kier molecular flexibility index (Phi) is 5.33. The van der Waals surface area contributed by atoms with E-state index in [9.17, 15) is 13.2 Å². The Morgan fingerprint density at radius 2 is 1.81 bits per heavy atom. The number of nitrogens with zero attached hydrogens (tertiary/aromatic N) is 3. The molecule has 0 atom stereocenters. The summed E-state index contributed by atoms with van der Waals surface area (Å²) in [6.07, 6.45) is 2.68. The van der Waals surface area contributed by atoms with Crippen LogP contribution in [0.1, 0.15) is 34.7 Å². The van der Waals surface area contributed by atoms with Crippen LogP contribution >= 0.6 is 0 Å². The Morgan fingerprint density at radius 1 is 1.15 bits per heavy atom. The average Bonchev–Trinajstić information content (AvgIpc) is 2.63. The lowest BCUT2D eigenvalue weighted by Gasteiger charge is -2.31. The zero-order valence-corrected chi connectivity index (χ0v) is 15.7. The number of piperidine rings is 1. The van der Waals surface area contributed by atoms with Gasteiger partial charge in [-0.25, -0.2) is 18.4 Å². The molecule has 0 spiro atoms. The number of hydrogen-bond donors (Lipinski definition) is 1. The van der Waals surface area contributed by atoms with E-state index in [2.05, 4.69) is 15.3 Å². The molecule has 1 saturated heterocycles. The number of benzene rings is 1. The fourth-order valence-electron chi connectivity index (χ4n) is 3.05. The van der Waals surface area contributed by atoms with Crippen molar-refractivity contribution in [3.05, 3.63) is 53.6 Å². The summed E-state index contributed by atoms with van der Waals surface area (Å²) in [5, 5.41) is 2.97. The third kappa shape index (κ3) is 3.91. The first-order valence-corrected chi connectivity index (χ1v) is 9.98. The Balaban J connectivity index is 1.61. The molecule has 1 aliphatic rings. The zero-order chi connectivity index (χ0) is 18.7. The first-order valence-electron chi connectivity index (χ1n) is 8.54. The summed E-state index contributed by atoms with van der Waals surface area (Å²) in [5.41, 5.74) is 1.09. The lowest BCUT2D eigenvalue weighted by molar-refractivity contribution is 0.0922. The fraction of sp³-hybridized carbons (Fsp3) is 0.389. The molecule has 0 radical (unpaired) electrons. The number of aryl methyl sites for hydroxylation is 2. The lowest BCUT2D eigenvalue weighted by Crippen LogP contribution is -2.46. The molecule has 1 N–H and O–H groups in total. The highest BCUT2D eigenvalue weighted by Gasteiger charge is 2.30. The van der Waals surface area contributed by atoms with Gasteiger partial charge in [0.1, 0.15) is 5.82 Å². The number of aromatic nitrogens is 2. The number of nitrogens with one attached hydrogen (secondary N) is 1. The molecule has 26 heavy (non-hydrogen) atoms. The van der Waals surface area contributed by atoms with Crippen LogP contribution in [0, 0.1) is 13.8 Å². The SMILES string of the molecule is Cc1ncc(C(=O)NC2CCN(S(=O)(=O)c3ccccc3)CC2)c(C)n1. The Labute approximate surface area is 153 Å². The second kappa shape index (κ2) is 7.51. The van der Waals surface area contributed by atoms with E-state index in [4.69, 9.17) is 0 Å². The molecule has 1 aliphatic heterocycles. The second-order valence-electron chi connectivity index (χ2n) is 6.38. The van der Waals surface area contributed by atoms with Gasteiger partial charge in [0, 0.05) is 25.3 Å². The highest BCUT2D eigenvalue weighted by molar-refractivity contribution is 7.89. The maximum Gasteiger partial charge on any atom is 0.254 e. The summed E-state index contributed by atoms with van der Waals surface area (Å²) >= 11 is 0. The largest absolute Gasteiger partial charge is 0.349 e. The van der Waals surface area contributed by atoms with E-state index < -0.39 is 10.0 Å². The van der Waals surface area contributed by atoms with E-state index in [1.165, 1.54) is 10.5 Å². The van der Waals surface area contributed by atoms with Crippen LogP contribution in [0.3, 0.4) is 0 Å². The molecule has 138 valence electrons. The predicted molar refractivity (Wildman–Crippen MR) is 97.2 cm³/mol. The Hall–Kier alpha value is -2.32. The highest BCUT2D eigenvalue weighted by atomic mass is 32.2. The fourth-order valence-corrected chi connectivity index (χ4v) is 4.54. The van der Waals surface area contributed by atoms with E-state index in [0.717, 1.165) is 0 Å². The molecule has 1 aromatic heterocycles. The number of amides is 1. The summed E-state index contributed by atoms with van der Waals surface area (Å²) in [6, 6.07) is 8.35. The highest BCUT2D eigenvalue weighted by Crippen LogP contribution is 2.20. The normalized spacial score (nSPS) is 16.4. The minimum Gasteiger partial charge on any atom is -0.349 e. The van der Waals surface area contributed by atoms with Crippen molar-refractivity contribution in [2.24, 2.45) is 0 Å². The third-order valence-electron chi connectivity index (χ3n) is 4.51. The molecular weight excluding hydrogens is 352 g/mol. The van der Waals surface area contributed by atoms with E-state index in [1.807, 2.05) is 0 Å². The first-order chi connectivity index (χ1) is 12.4. The summed E-state index contributed by atoms with van der Waals surface area (Å²) in [4.78, 5) is 21.0. The van der Waals surface area contributed by atoms with Crippen LogP contribution in [0.25, 0.3) is 0 Å². The standard InChI is InChI=1S/C18H22N4O3S/c1-13-17(12-19-14(2)20-13)18(23)21-15-8-10-22(11-9-15)26(24,25)16-6-4-3-5-7-16/h3-7,12,15H,8-11H2,1-2H3,(H,21,23). The molecule has 3 rings (SSSR count). The minimum absolute atomic E-state index is 0.0644. The van der Waals surface area contributed by atoms with Gasteiger partial charge >= 0.3 is 0 Å². The molecule has 2 aromatic rings. The molecule has 0 saturated carbocycles. The monoisotopic (exact) mass is 374 g/mol. The van der Waals surface area contributed by atoms with Crippen LogP contribution in [0.2, 0.25) is 0 Å². The van der Waals surface area contributed by atoms with Gasteiger partial charge in [0.05, 0.1) is 16.2 Å². The maximum absolute atomic E-state index is 12.6. The Morgan fingerprint density at radius 3 is 2.42 bits per heavy atom. The lowest BCUT2D eigenvalue weighted by atomic mass is 10.1. The minimum atomic E-state index is -3.48.